The Bertz CT molecular complexity index is 590. The van der Waals surface area contributed by atoms with Crippen LogP contribution in [0.25, 0.3) is 0 Å². The van der Waals surface area contributed by atoms with Crippen molar-refractivity contribution in [2.75, 3.05) is 5.32 Å². The van der Waals surface area contributed by atoms with E-state index in [1.807, 2.05) is 35.7 Å². The third-order valence-electron chi connectivity index (χ3n) is 2.99. The third kappa shape index (κ3) is 4.03. The lowest BCUT2D eigenvalue weighted by Crippen LogP contribution is -2.13. The van der Waals surface area contributed by atoms with Crippen LogP contribution in [0, 0.1) is 0 Å². The van der Waals surface area contributed by atoms with Crippen molar-refractivity contribution >= 4 is 28.7 Å². The summed E-state index contributed by atoms with van der Waals surface area (Å²) in [4.78, 5) is 24.3. The molecule has 2 rings (SSSR count). The summed E-state index contributed by atoms with van der Waals surface area (Å²) in [6.45, 7) is 2.07. The first kappa shape index (κ1) is 14.5. The first-order chi connectivity index (χ1) is 9.69. The quantitative estimate of drug-likeness (QED) is 0.819. The number of rotatable bonds is 6. The number of hydrogen-bond acceptors (Lipinski definition) is 3. The van der Waals surface area contributed by atoms with E-state index in [-0.39, 0.29) is 24.5 Å². The highest BCUT2D eigenvalue weighted by molar-refractivity contribution is 7.12. The molecule has 0 radical (unpaired) electrons. The molecule has 1 N–H and O–H groups in total. The Morgan fingerprint density at radius 3 is 2.70 bits per heavy atom. The van der Waals surface area contributed by atoms with E-state index in [4.69, 9.17) is 0 Å². The predicted octanol–water partition coefficient (Wildman–Crippen LogP) is 3.91. The molecule has 20 heavy (non-hydrogen) atoms. The zero-order valence-electron chi connectivity index (χ0n) is 11.4. The highest BCUT2D eigenvalue weighted by Crippen LogP contribution is 2.14. The van der Waals surface area contributed by atoms with Crippen LogP contribution in [0.1, 0.15) is 35.0 Å². The van der Waals surface area contributed by atoms with Crippen LogP contribution in [-0.4, -0.2) is 11.7 Å². The number of hydrogen-bond donors (Lipinski definition) is 1. The van der Waals surface area contributed by atoms with Crippen LogP contribution in [0.15, 0.2) is 41.8 Å². The fraction of sp³-hybridized carbons (Fsp3) is 0.250. The third-order valence-corrected chi connectivity index (χ3v) is 3.91. The van der Waals surface area contributed by atoms with Crippen molar-refractivity contribution in [1.82, 2.24) is 0 Å². The first-order valence-corrected chi connectivity index (χ1v) is 7.52. The topological polar surface area (TPSA) is 46.2 Å². The monoisotopic (exact) mass is 287 g/mol. The summed E-state index contributed by atoms with van der Waals surface area (Å²) in [6.07, 6.45) is 1.40. The lowest BCUT2D eigenvalue weighted by atomic mass is 10.1. The van der Waals surface area contributed by atoms with E-state index in [0.29, 0.717) is 4.88 Å². The SMILES string of the molecule is CCc1cccc(NC(=O)CCC(=O)c2cccs2)c1. The molecule has 0 aliphatic heterocycles. The van der Waals surface area contributed by atoms with Crippen molar-refractivity contribution in [3.8, 4) is 0 Å². The highest BCUT2D eigenvalue weighted by atomic mass is 32.1. The largest absolute Gasteiger partial charge is 0.326 e. The number of thiophene rings is 1. The molecule has 0 saturated heterocycles. The Morgan fingerprint density at radius 1 is 1.15 bits per heavy atom. The number of aryl methyl sites for hydroxylation is 1. The lowest BCUT2D eigenvalue weighted by molar-refractivity contribution is -0.116. The van der Waals surface area contributed by atoms with E-state index in [1.165, 1.54) is 16.9 Å². The van der Waals surface area contributed by atoms with Gasteiger partial charge in [0.1, 0.15) is 0 Å². The van der Waals surface area contributed by atoms with Crippen LogP contribution in [0.2, 0.25) is 0 Å². The second-order valence-electron chi connectivity index (χ2n) is 4.50. The molecular formula is C16H17NO2S. The van der Waals surface area contributed by atoms with Crippen LogP contribution in [0.5, 0.6) is 0 Å². The van der Waals surface area contributed by atoms with Crippen molar-refractivity contribution in [2.45, 2.75) is 26.2 Å². The fourth-order valence-corrected chi connectivity index (χ4v) is 2.57. The van der Waals surface area contributed by atoms with Gasteiger partial charge in [0.2, 0.25) is 5.91 Å². The molecule has 1 aromatic carbocycles. The average Bonchev–Trinajstić information content (AvgIpc) is 2.99. The van der Waals surface area contributed by atoms with Gasteiger partial charge in [-0.15, -0.1) is 11.3 Å². The fourth-order valence-electron chi connectivity index (χ4n) is 1.88. The maximum Gasteiger partial charge on any atom is 0.224 e. The van der Waals surface area contributed by atoms with Gasteiger partial charge >= 0.3 is 0 Å². The number of carbonyl (C=O) groups is 2. The van der Waals surface area contributed by atoms with Crippen molar-refractivity contribution in [1.29, 1.82) is 0 Å². The number of anilines is 1. The normalized spacial score (nSPS) is 10.2. The van der Waals surface area contributed by atoms with Crippen LogP contribution >= 0.6 is 11.3 Å². The molecule has 0 saturated carbocycles. The molecule has 0 spiro atoms. The Kier molecular flexibility index (Phi) is 5.07. The number of nitrogens with one attached hydrogen (secondary N) is 1. The Balaban J connectivity index is 1.85. The second kappa shape index (κ2) is 7.01. The van der Waals surface area contributed by atoms with Gasteiger partial charge in [-0.05, 0) is 35.6 Å². The van der Waals surface area contributed by atoms with Gasteiger partial charge in [0.05, 0.1) is 4.88 Å². The minimum absolute atomic E-state index is 0.0254. The van der Waals surface area contributed by atoms with Gasteiger partial charge in [0.15, 0.2) is 5.78 Å². The summed E-state index contributed by atoms with van der Waals surface area (Å²) in [5, 5.41) is 4.69. The molecule has 3 nitrogen and oxygen atoms in total. The maximum absolute atomic E-state index is 11.8. The molecule has 0 fully saturated rings. The van der Waals surface area contributed by atoms with Crippen LogP contribution in [0.3, 0.4) is 0 Å². The summed E-state index contributed by atoms with van der Waals surface area (Å²) in [6, 6.07) is 11.4. The van der Waals surface area contributed by atoms with Crippen LogP contribution in [0.4, 0.5) is 5.69 Å². The molecule has 104 valence electrons. The minimum Gasteiger partial charge on any atom is -0.326 e. The van der Waals surface area contributed by atoms with Gasteiger partial charge in [0, 0.05) is 18.5 Å². The van der Waals surface area contributed by atoms with E-state index in [0.717, 1.165) is 12.1 Å². The summed E-state index contributed by atoms with van der Waals surface area (Å²) in [5.41, 5.74) is 1.97. The summed E-state index contributed by atoms with van der Waals surface area (Å²) in [5.74, 6) is -0.0966. The van der Waals surface area contributed by atoms with Crippen molar-refractivity contribution in [3.63, 3.8) is 0 Å². The summed E-state index contributed by atoms with van der Waals surface area (Å²) in [7, 11) is 0. The molecular weight excluding hydrogens is 270 g/mol. The lowest BCUT2D eigenvalue weighted by Gasteiger charge is -2.06. The molecule has 1 aromatic heterocycles. The van der Waals surface area contributed by atoms with Gasteiger partial charge in [-0.25, -0.2) is 0 Å². The van der Waals surface area contributed by atoms with Gasteiger partial charge in [0.25, 0.3) is 0 Å². The van der Waals surface area contributed by atoms with E-state index in [1.54, 1.807) is 6.07 Å². The number of Topliss-reactive ketones (excluding diaryl/α,β-unsaturated/α-hetero) is 1. The number of benzene rings is 1. The number of ketones is 1. The second-order valence-corrected chi connectivity index (χ2v) is 5.45. The van der Waals surface area contributed by atoms with E-state index in [9.17, 15) is 9.59 Å². The summed E-state index contributed by atoms with van der Waals surface area (Å²) >= 11 is 1.41. The molecule has 0 aliphatic carbocycles. The van der Waals surface area contributed by atoms with Gasteiger partial charge < -0.3 is 5.32 Å². The minimum atomic E-state index is -0.122. The predicted molar refractivity (Wildman–Crippen MR) is 82.3 cm³/mol. The van der Waals surface area contributed by atoms with Crippen molar-refractivity contribution in [2.24, 2.45) is 0 Å². The van der Waals surface area contributed by atoms with Crippen LogP contribution in [-0.2, 0) is 11.2 Å². The Morgan fingerprint density at radius 2 is 2.00 bits per heavy atom. The molecule has 0 unspecified atom stereocenters. The van der Waals surface area contributed by atoms with Gasteiger partial charge in [-0.2, -0.15) is 0 Å². The zero-order chi connectivity index (χ0) is 14.4. The average molecular weight is 287 g/mol. The van der Waals surface area contributed by atoms with Crippen molar-refractivity contribution in [3.05, 3.63) is 52.2 Å². The van der Waals surface area contributed by atoms with E-state index in [2.05, 4.69) is 12.2 Å². The Hall–Kier alpha value is -1.94. The van der Waals surface area contributed by atoms with Gasteiger partial charge in [-0.1, -0.05) is 25.1 Å². The molecule has 1 amide bonds. The molecule has 0 aliphatic rings. The smallest absolute Gasteiger partial charge is 0.224 e. The van der Waals surface area contributed by atoms with Crippen LogP contribution < -0.4 is 5.32 Å². The maximum atomic E-state index is 11.8. The first-order valence-electron chi connectivity index (χ1n) is 6.64. The highest BCUT2D eigenvalue weighted by Gasteiger charge is 2.10. The molecule has 2 aromatic rings. The standard InChI is InChI=1S/C16H17NO2S/c1-2-12-5-3-6-13(11-12)17-16(19)9-8-14(18)15-7-4-10-20-15/h3-7,10-11H,2,8-9H2,1H3,(H,17,19). The molecule has 0 bridgehead atoms. The number of amides is 1. The van der Waals surface area contributed by atoms with E-state index >= 15 is 0 Å². The van der Waals surface area contributed by atoms with E-state index < -0.39 is 0 Å². The number of carbonyl (C=O) groups excluding carboxylic acids is 2. The zero-order valence-corrected chi connectivity index (χ0v) is 12.2. The van der Waals surface area contributed by atoms with Gasteiger partial charge in [-0.3, -0.25) is 9.59 Å². The van der Waals surface area contributed by atoms with Crippen molar-refractivity contribution < 1.29 is 9.59 Å². The summed E-state index contributed by atoms with van der Waals surface area (Å²) < 4.78 is 0. The Labute approximate surface area is 122 Å². The molecule has 4 heteroatoms. The molecule has 0 atom stereocenters. The molecule has 1 heterocycles.